The molecule has 2 aromatic carbocycles. The molecule has 0 spiro atoms. The van der Waals surface area contributed by atoms with E-state index < -0.39 is 0 Å². The molecular formula is C19H18FNO2. The van der Waals surface area contributed by atoms with E-state index in [0.29, 0.717) is 5.69 Å². The molecule has 1 heterocycles. The third-order valence-electron chi connectivity index (χ3n) is 4.17. The molecule has 0 radical (unpaired) electrons. The largest absolute Gasteiger partial charge is 0.464 e. The minimum Gasteiger partial charge on any atom is -0.464 e. The lowest BCUT2D eigenvalue weighted by Crippen LogP contribution is -2.15. The van der Waals surface area contributed by atoms with Gasteiger partial charge in [0.25, 0.3) is 0 Å². The van der Waals surface area contributed by atoms with E-state index in [9.17, 15) is 9.18 Å². The zero-order valence-electron chi connectivity index (χ0n) is 13.4. The van der Waals surface area contributed by atoms with Crippen LogP contribution in [-0.4, -0.2) is 5.91 Å². The van der Waals surface area contributed by atoms with Gasteiger partial charge in [-0.15, -0.1) is 0 Å². The summed E-state index contributed by atoms with van der Waals surface area (Å²) in [7, 11) is 0. The van der Waals surface area contributed by atoms with Crippen molar-refractivity contribution in [1.82, 2.24) is 0 Å². The molecule has 3 nitrogen and oxygen atoms in total. The summed E-state index contributed by atoms with van der Waals surface area (Å²) in [6, 6.07) is 8.33. The molecule has 1 N–H and O–H groups in total. The van der Waals surface area contributed by atoms with Crippen molar-refractivity contribution in [2.75, 3.05) is 5.32 Å². The number of rotatable bonds is 3. The number of furan rings is 1. The maximum Gasteiger partial charge on any atom is 0.228 e. The summed E-state index contributed by atoms with van der Waals surface area (Å²) in [5.41, 5.74) is 5.19. The SMILES string of the molecule is Cc1ccc(F)cc1NC(=O)Cc1coc2c(C)c(C)ccc12. The number of hydrogen-bond acceptors (Lipinski definition) is 2. The van der Waals surface area contributed by atoms with Gasteiger partial charge in [0.1, 0.15) is 11.4 Å². The molecule has 0 unspecified atom stereocenters. The van der Waals surface area contributed by atoms with Crippen LogP contribution in [-0.2, 0) is 11.2 Å². The fourth-order valence-electron chi connectivity index (χ4n) is 2.62. The Balaban J connectivity index is 1.83. The third-order valence-corrected chi connectivity index (χ3v) is 4.17. The molecule has 0 aliphatic carbocycles. The van der Waals surface area contributed by atoms with Crippen LogP contribution in [0.5, 0.6) is 0 Å². The van der Waals surface area contributed by atoms with Crippen LogP contribution in [0, 0.1) is 26.6 Å². The smallest absolute Gasteiger partial charge is 0.228 e. The normalized spacial score (nSPS) is 11.0. The second-order valence-corrected chi connectivity index (χ2v) is 5.83. The molecule has 118 valence electrons. The summed E-state index contributed by atoms with van der Waals surface area (Å²) < 4.78 is 18.9. The Morgan fingerprint density at radius 2 is 1.87 bits per heavy atom. The molecule has 1 amide bonds. The molecule has 0 fully saturated rings. The van der Waals surface area contributed by atoms with E-state index >= 15 is 0 Å². The Morgan fingerprint density at radius 1 is 1.13 bits per heavy atom. The van der Waals surface area contributed by atoms with Gasteiger partial charge in [0.05, 0.1) is 12.7 Å². The molecule has 0 atom stereocenters. The number of amides is 1. The lowest BCUT2D eigenvalue weighted by Gasteiger charge is -2.08. The molecule has 23 heavy (non-hydrogen) atoms. The molecule has 4 heteroatoms. The minimum absolute atomic E-state index is 0.186. The van der Waals surface area contributed by atoms with Gasteiger partial charge in [0.2, 0.25) is 5.91 Å². The highest BCUT2D eigenvalue weighted by atomic mass is 19.1. The second-order valence-electron chi connectivity index (χ2n) is 5.83. The first-order valence-corrected chi connectivity index (χ1v) is 7.48. The van der Waals surface area contributed by atoms with Crippen molar-refractivity contribution < 1.29 is 13.6 Å². The van der Waals surface area contributed by atoms with Gasteiger partial charge in [-0.1, -0.05) is 18.2 Å². The van der Waals surface area contributed by atoms with E-state index in [4.69, 9.17) is 4.42 Å². The van der Waals surface area contributed by atoms with Crippen molar-refractivity contribution >= 4 is 22.6 Å². The Kier molecular flexibility index (Phi) is 3.90. The third kappa shape index (κ3) is 2.97. The fourth-order valence-corrected chi connectivity index (χ4v) is 2.62. The maximum atomic E-state index is 13.3. The number of carbonyl (C=O) groups is 1. The Bertz CT molecular complexity index is 896. The first-order chi connectivity index (χ1) is 11.0. The van der Waals surface area contributed by atoms with Gasteiger partial charge in [0.15, 0.2) is 0 Å². The van der Waals surface area contributed by atoms with Crippen LogP contribution in [0.1, 0.15) is 22.3 Å². The van der Waals surface area contributed by atoms with E-state index in [1.165, 1.54) is 12.1 Å². The highest BCUT2D eigenvalue weighted by molar-refractivity contribution is 5.96. The summed E-state index contributed by atoms with van der Waals surface area (Å²) in [5.74, 6) is -0.564. The number of nitrogens with one attached hydrogen (secondary N) is 1. The van der Waals surface area contributed by atoms with Crippen LogP contribution >= 0.6 is 0 Å². The highest BCUT2D eigenvalue weighted by Gasteiger charge is 2.13. The molecule has 0 bridgehead atoms. The summed E-state index contributed by atoms with van der Waals surface area (Å²) >= 11 is 0. The van der Waals surface area contributed by atoms with Crippen molar-refractivity contribution in [3.05, 3.63) is 64.7 Å². The van der Waals surface area contributed by atoms with Crippen molar-refractivity contribution in [2.45, 2.75) is 27.2 Å². The lowest BCUT2D eigenvalue weighted by molar-refractivity contribution is -0.115. The van der Waals surface area contributed by atoms with Gasteiger partial charge in [0, 0.05) is 16.6 Å². The molecule has 0 aliphatic heterocycles. The average molecular weight is 311 g/mol. The zero-order chi connectivity index (χ0) is 16.6. The van der Waals surface area contributed by atoms with Crippen molar-refractivity contribution in [2.24, 2.45) is 0 Å². The molecular weight excluding hydrogens is 293 g/mol. The standard InChI is InChI=1S/C19H18FNO2/c1-11-5-7-16-14(10-23-19(16)13(11)3)8-18(22)21-17-9-15(20)6-4-12(17)2/h4-7,9-10H,8H2,1-3H3,(H,21,22). The number of benzene rings is 2. The van der Waals surface area contributed by atoms with E-state index in [0.717, 1.165) is 33.2 Å². The average Bonchev–Trinajstić information content (AvgIpc) is 2.90. The Hall–Kier alpha value is -2.62. The quantitative estimate of drug-likeness (QED) is 0.763. The number of hydrogen-bond donors (Lipinski definition) is 1. The second kappa shape index (κ2) is 5.88. The van der Waals surface area contributed by atoms with Gasteiger partial charge < -0.3 is 9.73 Å². The van der Waals surface area contributed by atoms with Crippen LogP contribution in [0.25, 0.3) is 11.0 Å². The molecule has 1 aromatic heterocycles. The van der Waals surface area contributed by atoms with Crippen molar-refractivity contribution in [1.29, 1.82) is 0 Å². The van der Waals surface area contributed by atoms with Crippen molar-refractivity contribution in [3.8, 4) is 0 Å². The molecule has 0 saturated heterocycles. The van der Waals surface area contributed by atoms with E-state index in [2.05, 4.69) is 5.32 Å². The number of anilines is 1. The van der Waals surface area contributed by atoms with Gasteiger partial charge in [-0.3, -0.25) is 4.79 Å². The Morgan fingerprint density at radius 3 is 2.65 bits per heavy atom. The summed E-state index contributed by atoms with van der Waals surface area (Å²) in [6.07, 6.45) is 1.81. The molecule has 0 aliphatic rings. The minimum atomic E-state index is -0.370. The van der Waals surface area contributed by atoms with Crippen LogP contribution in [0.15, 0.2) is 41.0 Å². The molecule has 3 aromatic rings. The predicted molar refractivity (Wildman–Crippen MR) is 89.2 cm³/mol. The first kappa shape index (κ1) is 15.3. The Labute approximate surface area is 134 Å². The van der Waals surface area contributed by atoms with Gasteiger partial charge in [-0.2, -0.15) is 0 Å². The number of halogens is 1. The summed E-state index contributed by atoms with van der Waals surface area (Å²) in [4.78, 5) is 12.3. The molecule has 0 saturated carbocycles. The van der Waals surface area contributed by atoms with Crippen LogP contribution in [0.3, 0.4) is 0 Å². The summed E-state index contributed by atoms with van der Waals surface area (Å²) in [5, 5.41) is 3.70. The van der Waals surface area contributed by atoms with Crippen molar-refractivity contribution in [3.63, 3.8) is 0 Å². The predicted octanol–water partition coefficient (Wildman–Crippen LogP) is 4.68. The van der Waals surface area contributed by atoms with E-state index in [-0.39, 0.29) is 18.1 Å². The maximum absolute atomic E-state index is 13.3. The van der Waals surface area contributed by atoms with Gasteiger partial charge >= 0.3 is 0 Å². The zero-order valence-corrected chi connectivity index (χ0v) is 13.4. The van der Waals surface area contributed by atoms with Gasteiger partial charge in [-0.25, -0.2) is 4.39 Å². The highest BCUT2D eigenvalue weighted by Crippen LogP contribution is 2.27. The van der Waals surface area contributed by atoms with Crippen LogP contribution < -0.4 is 5.32 Å². The van der Waals surface area contributed by atoms with E-state index in [1.807, 2.05) is 32.9 Å². The number of carbonyl (C=O) groups excluding carboxylic acids is 1. The molecule has 3 rings (SSSR count). The van der Waals surface area contributed by atoms with Crippen LogP contribution in [0.2, 0.25) is 0 Å². The van der Waals surface area contributed by atoms with Gasteiger partial charge in [-0.05, 0) is 49.6 Å². The topological polar surface area (TPSA) is 42.2 Å². The number of aryl methyl sites for hydroxylation is 3. The lowest BCUT2D eigenvalue weighted by atomic mass is 10.0. The number of fused-ring (bicyclic) bond motifs is 1. The monoisotopic (exact) mass is 311 g/mol. The van der Waals surface area contributed by atoms with Crippen LogP contribution in [0.4, 0.5) is 10.1 Å². The van der Waals surface area contributed by atoms with E-state index in [1.54, 1.807) is 12.3 Å². The summed E-state index contributed by atoms with van der Waals surface area (Å²) in [6.45, 7) is 5.85. The first-order valence-electron chi connectivity index (χ1n) is 7.48. The fraction of sp³-hybridized carbons (Fsp3) is 0.211.